The maximum absolute atomic E-state index is 8.20. The van der Waals surface area contributed by atoms with Crippen molar-refractivity contribution in [3.8, 4) is 6.07 Å². The second-order valence-electron chi connectivity index (χ2n) is 2.55. The molecular weight excluding hydrogens is 200 g/mol. The lowest BCUT2D eigenvalue weighted by Crippen LogP contribution is -1.86. The van der Waals surface area contributed by atoms with Gasteiger partial charge in [-0.05, 0) is 17.7 Å². The first-order chi connectivity index (χ1) is 6.83. The number of hydrogen-bond acceptors (Lipinski definition) is 3. The van der Waals surface area contributed by atoms with Crippen molar-refractivity contribution in [2.75, 3.05) is 0 Å². The number of nitrogens with zero attached hydrogens (tertiary/aromatic N) is 2. The Morgan fingerprint density at radius 2 is 2.14 bits per heavy atom. The molecule has 0 aliphatic heterocycles. The minimum absolute atomic E-state index is 0.265. The molecule has 0 unspecified atom stereocenters. The molecule has 0 fully saturated rings. The molecule has 1 aromatic rings. The Bertz CT molecular complexity index is 340. The summed E-state index contributed by atoms with van der Waals surface area (Å²) in [6.45, 7) is 0.388. The lowest BCUT2D eigenvalue weighted by atomic mass is 10.2. The lowest BCUT2D eigenvalue weighted by Gasteiger charge is -1.98. The normalized spacial score (nSPS) is 10.0. The van der Waals surface area contributed by atoms with Gasteiger partial charge in [0.15, 0.2) is 0 Å². The quantitative estimate of drug-likeness (QED) is 0.564. The van der Waals surface area contributed by atoms with Crippen LogP contribution >= 0.6 is 11.6 Å². The van der Waals surface area contributed by atoms with Gasteiger partial charge in [0.05, 0.1) is 18.7 Å². The molecule has 14 heavy (non-hydrogen) atoms. The Hall–Kier alpha value is -1.53. The summed E-state index contributed by atoms with van der Waals surface area (Å²) in [5, 5.41) is 12.5. The van der Waals surface area contributed by atoms with Crippen molar-refractivity contribution < 1.29 is 4.84 Å². The van der Waals surface area contributed by atoms with Gasteiger partial charge >= 0.3 is 0 Å². The molecule has 0 saturated heterocycles. The average molecular weight is 209 g/mol. The summed E-state index contributed by atoms with van der Waals surface area (Å²) in [5.41, 5.74) is 0.989. The molecule has 1 aromatic carbocycles. The predicted molar refractivity (Wildman–Crippen MR) is 55.0 cm³/mol. The van der Waals surface area contributed by atoms with Gasteiger partial charge in [0.2, 0.25) is 0 Å². The standard InChI is InChI=1S/C10H9ClN2O/c11-10-4-2-9(3-5-10)8-14-13-7-1-6-12/h2-5,7H,1,8H2. The van der Waals surface area contributed by atoms with Crippen molar-refractivity contribution in [1.82, 2.24) is 0 Å². The van der Waals surface area contributed by atoms with Crippen LogP contribution in [-0.2, 0) is 11.4 Å². The number of nitriles is 1. The Kier molecular flexibility index (Phi) is 4.53. The summed E-state index contributed by atoms with van der Waals surface area (Å²) in [4.78, 5) is 4.94. The first-order valence-electron chi connectivity index (χ1n) is 4.08. The lowest BCUT2D eigenvalue weighted by molar-refractivity contribution is 0.131. The van der Waals surface area contributed by atoms with Crippen molar-refractivity contribution in [2.45, 2.75) is 13.0 Å². The van der Waals surface area contributed by atoms with Crippen LogP contribution in [0, 0.1) is 11.3 Å². The highest BCUT2D eigenvalue weighted by atomic mass is 35.5. The zero-order valence-corrected chi connectivity index (χ0v) is 8.24. The van der Waals surface area contributed by atoms with E-state index in [1.807, 2.05) is 18.2 Å². The van der Waals surface area contributed by atoms with E-state index in [0.29, 0.717) is 11.6 Å². The number of halogens is 1. The largest absolute Gasteiger partial charge is 0.391 e. The highest BCUT2D eigenvalue weighted by Crippen LogP contribution is 2.10. The highest BCUT2D eigenvalue weighted by molar-refractivity contribution is 6.30. The number of rotatable bonds is 4. The highest BCUT2D eigenvalue weighted by Gasteiger charge is 1.91. The van der Waals surface area contributed by atoms with E-state index in [1.54, 1.807) is 12.1 Å². The van der Waals surface area contributed by atoms with Crippen molar-refractivity contribution >= 4 is 17.8 Å². The van der Waals surface area contributed by atoms with E-state index in [2.05, 4.69) is 5.16 Å². The molecule has 0 bridgehead atoms. The molecule has 0 N–H and O–H groups in total. The van der Waals surface area contributed by atoms with Crippen LogP contribution in [0.4, 0.5) is 0 Å². The van der Waals surface area contributed by atoms with Gasteiger partial charge < -0.3 is 4.84 Å². The van der Waals surface area contributed by atoms with Crippen LogP contribution in [0.5, 0.6) is 0 Å². The third-order valence-corrected chi connectivity index (χ3v) is 1.73. The minimum Gasteiger partial charge on any atom is -0.391 e. The zero-order valence-electron chi connectivity index (χ0n) is 7.48. The SMILES string of the molecule is N#CCC=NOCc1ccc(Cl)cc1. The van der Waals surface area contributed by atoms with Gasteiger partial charge in [0.25, 0.3) is 0 Å². The Balaban J connectivity index is 2.32. The van der Waals surface area contributed by atoms with E-state index in [1.165, 1.54) is 6.21 Å². The third kappa shape index (κ3) is 3.92. The van der Waals surface area contributed by atoms with Crippen LogP contribution in [0.1, 0.15) is 12.0 Å². The van der Waals surface area contributed by atoms with Crippen LogP contribution in [0.25, 0.3) is 0 Å². The van der Waals surface area contributed by atoms with Gasteiger partial charge in [-0.25, -0.2) is 0 Å². The first kappa shape index (κ1) is 10.6. The average Bonchev–Trinajstić information content (AvgIpc) is 2.21. The molecule has 0 aliphatic carbocycles. The van der Waals surface area contributed by atoms with Crippen LogP contribution in [-0.4, -0.2) is 6.21 Å². The van der Waals surface area contributed by atoms with Gasteiger partial charge in [-0.3, -0.25) is 0 Å². The van der Waals surface area contributed by atoms with Crippen LogP contribution in [0.3, 0.4) is 0 Å². The number of hydrogen-bond donors (Lipinski definition) is 0. The van der Waals surface area contributed by atoms with Crippen molar-refractivity contribution in [1.29, 1.82) is 5.26 Å². The predicted octanol–water partition coefficient (Wildman–Crippen LogP) is 2.76. The molecule has 1 rings (SSSR count). The Labute approximate surface area is 87.5 Å². The molecule has 3 nitrogen and oxygen atoms in total. The first-order valence-corrected chi connectivity index (χ1v) is 4.46. The van der Waals surface area contributed by atoms with Crippen LogP contribution < -0.4 is 0 Å². The fourth-order valence-corrected chi connectivity index (χ4v) is 0.949. The minimum atomic E-state index is 0.265. The molecule has 0 aliphatic rings. The van der Waals surface area contributed by atoms with E-state index in [0.717, 1.165) is 5.56 Å². The van der Waals surface area contributed by atoms with Gasteiger partial charge in [-0.1, -0.05) is 28.9 Å². The molecule has 0 atom stereocenters. The molecule has 0 aromatic heterocycles. The fraction of sp³-hybridized carbons (Fsp3) is 0.200. The summed E-state index contributed by atoms with van der Waals surface area (Å²) in [6.07, 6.45) is 1.69. The van der Waals surface area contributed by atoms with Crippen molar-refractivity contribution in [3.63, 3.8) is 0 Å². The molecule has 72 valence electrons. The summed E-state index contributed by atoms with van der Waals surface area (Å²) in [7, 11) is 0. The summed E-state index contributed by atoms with van der Waals surface area (Å²) < 4.78 is 0. The van der Waals surface area contributed by atoms with Crippen molar-refractivity contribution in [2.24, 2.45) is 5.16 Å². The Morgan fingerprint density at radius 3 is 2.79 bits per heavy atom. The van der Waals surface area contributed by atoms with Gasteiger partial charge in [0, 0.05) is 5.02 Å². The number of oxime groups is 1. The van der Waals surface area contributed by atoms with E-state index in [-0.39, 0.29) is 6.42 Å². The van der Waals surface area contributed by atoms with E-state index in [4.69, 9.17) is 21.7 Å². The second-order valence-corrected chi connectivity index (χ2v) is 2.99. The van der Waals surface area contributed by atoms with E-state index in [9.17, 15) is 0 Å². The Morgan fingerprint density at radius 1 is 1.43 bits per heavy atom. The summed E-state index contributed by atoms with van der Waals surface area (Å²) in [6, 6.07) is 9.24. The van der Waals surface area contributed by atoms with Gasteiger partial charge in [-0.15, -0.1) is 0 Å². The maximum Gasteiger partial charge on any atom is 0.142 e. The van der Waals surface area contributed by atoms with Crippen LogP contribution in [0.15, 0.2) is 29.4 Å². The maximum atomic E-state index is 8.20. The zero-order chi connectivity index (χ0) is 10.2. The fourth-order valence-electron chi connectivity index (χ4n) is 0.823. The molecule has 0 amide bonds. The molecule has 0 spiro atoms. The third-order valence-electron chi connectivity index (χ3n) is 1.48. The van der Waals surface area contributed by atoms with Crippen LogP contribution in [0.2, 0.25) is 5.02 Å². The topological polar surface area (TPSA) is 45.4 Å². The van der Waals surface area contributed by atoms with E-state index < -0.39 is 0 Å². The summed E-state index contributed by atoms with van der Waals surface area (Å²) >= 11 is 5.71. The molecule has 0 heterocycles. The van der Waals surface area contributed by atoms with E-state index >= 15 is 0 Å². The molecular formula is C10H9ClN2O. The second kappa shape index (κ2) is 6.01. The van der Waals surface area contributed by atoms with Crippen molar-refractivity contribution in [3.05, 3.63) is 34.9 Å². The summed E-state index contributed by atoms with van der Waals surface area (Å²) in [5.74, 6) is 0. The molecule has 0 radical (unpaired) electrons. The smallest absolute Gasteiger partial charge is 0.142 e. The molecule has 4 heteroatoms. The monoisotopic (exact) mass is 208 g/mol. The molecule has 0 saturated carbocycles. The van der Waals surface area contributed by atoms with Gasteiger partial charge in [-0.2, -0.15) is 5.26 Å². The van der Waals surface area contributed by atoms with Gasteiger partial charge in [0.1, 0.15) is 6.61 Å². The number of benzene rings is 1.